The molecule has 0 aliphatic heterocycles. The Kier molecular flexibility index (Phi) is 76.5. The predicted octanol–water partition coefficient (Wildman–Crippen LogP) is 13.2. The molecular formula is C44H102O12P2Ti. The quantitative estimate of drug-likeness (QED) is 0.0213. The minimum Gasteiger partial charge on any atom is -0.394 e. The number of rotatable bonds is 32. The van der Waals surface area contributed by atoms with Crippen LogP contribution in [-0.2, 0) is 48.9 Å². The summed E-state index contributed by atoms with van der Waals surface area (Å²) in [6.07, 6.45) is 26.5. The molecule has 0 atom stereocenters. The Morgan fingerprint density at radius 2 is 0.441 bits per heavy atom. The van der Waals surface area contributed by atoms with E-state index >= 15 is 0 Å². The molecule has 59 heavy (non-hydrogen) atoms. The molecular weight excluding hydrogens is 830 g/mol. The normalized spacial score (nSPS) is 10.9. The summed E-state index contributed by atoms with van der Waals surface area (Å²) in [6.45, 7) is 23.8. The summed E-state index contributed by atoms with van der Waals surface area (Å²) in [4.78, 5) is 19.0. The average Bonchev–Trinajstić information content (AvgIpc) is 3.09. The van der Waals surface area contributed by atoms with Gasteiger partial charge in [0, 0.05) is 46.1 Å². The predicted molar refractivity (Wildman–Crippen MR) is 246 cm³/mol. The molecule has 0 rings (SSSR count). The Labute approximate surface area is 381 Å². The van der Waals surface area contributed by atoms with Crippen molar-refractivity contribution in [2.24, 2.45) is 0 Å². The zero-order chi connectivity index (χ0) is 45.9. The van der Waals surface area contributed by atoms with E-state index in [4.69, 9.17) is 38.5 Å². The molecule has 0 aromatic carbocycles. The largest absolute Gasteiger partial charge is 0.472 e. The topological polar surface area (TPSA) is 192 Å². The van der Waals surface area contributed by atoms with E-state index in [1.807, 2.05) is 0 Å². The number of phosphoric acid groups is 2. The standard InChI is InChI=1S/2C16H35O4P.4C3H8O.Ti/c2*1-3-5-7-9-11-13-15-19-21(17,18)20-16-14-12-10-8-6-4-2;4*1-3(2)4;/h2*3-16H2,1-2H3,(H,17,18);4*3-4H,1-2H3;. The number of unbranched alkanes of at least 4 members (excludes halogenated alkanes) is 20. The van der Waals surface area contributed by atoms with Crippen molar-refractivity contribution < 1.29 is 79.2 Å². The molecule has 0 saturated heterocycles. The van der Waals surface area contributed by atoms with Gasteiger partial charge in [0.2, 0.25) is 0 Å². The zero-order valence-electron chi connectivity index (χ0n) is 40.6. The third-order valence-electron chi connectivity index (χ3n) is 7.01. The smallest absolute Gasteiger partial charge is 0.394 e. The maximum atomic E-state index is 11.6. The fraction of sp³-hybridized carbons (Fsp3) is 1.00. The number of aliphatic hydroxyl groups excluding tert-OH is 4. The third-order valence-corrected chi connectivity index (χ3v) is 9.04. The molecule has 0 heterocycles. The first kappa shape index (κ1) is 74.1. The van der Waals surface area contributed by atoms with E-state index in [2.05, 4.69) is 27.7 Å². The van der Waals surface area contributed by atoms with Crippen LogP contribution in [-0.4, -0.2) is 81.1 Å². The summed E-state index contributed by atoms with van der Waals surface area (Å²) in [5.74, 6) is 0. The van der Waals surface area contributed by atoms with Crippen molar-refractivity contribution in [3.8, 4) is 0 Å². The maximum Gasteiger partial charge on any atom is 0.472 e. The Morgan fingerprint density at radius 1 is 0.322 bits per heavy atom. The summed E-state index contributed by atoms with van der Waals surface area (Å²) in [5, 5.41) is 32.2. The van der Waals surface area contributed by atoms with E-state index in [1.165, 1.54) is 103 Å². The molecule has 0 saturated carbocycles. The van der Waals surface area contributed by atoms with E-state index in [1.54, 1.807) is 55.4 Å². The second-order valence-electron chi connectivity index (χ2n) is 15.7. The van der Waals surface area contributed by atoms with Crippen molar-refractivity contribution in [3.63, 3.8) is 0 Å². The molecule has 0 aliphatic carbocycles. The number of phosphoric ester groups is 2. The van der Waals surface area contributed by atoms with E-state index in [9.17, 15) is 18.9 Å². The van der Waals surface area contributed by atoms with Crippen LogP contribution in [0, 0.1) is 0 Å². The zero-order valence-corrected chi connectivity index (χ0v) is 44.0. The van der Waals surface area contributed by atoms with Crippen LogP contribution in [0.25, 0.3) is 0 Å². The van der Waals surface area contributed by atoms with Gasteiger partial charge in [0.25, 0.3) is 0 Å². The van der Waals surface area contributed by atoms with Gasteiger partial charge in [-0.25, -0.2) is 9.13 Å². The van der Waals surface area contributed by atoms with Gasteiger partial charge in [0.15, 0.2) is 0 Å². The van der Waals surface area contributed by atoms with Crippen LogP contribution in [0.4, 0.5) is 0 Å². The molecule has 0 unspecified atom stereocenters. The van der Waals surface area contributed by atoms with E-state index < -0.39 is 15.6 Å². The molecule has 0 spiro atoms. The van der Waals surface area contributed by atoms with Gasteiger partial charge >= 0.3 is 15.6 Å². The first-order chi connectivity index (χ1) is 27.2. The van der Waals surface area contributed by atoms with Crippen LogP contribution in [0.2, 0.25) is 0 Å². The van der Waals surface area contributed by atoms with Crippen LogP contribution in [0.3, 0.4) is 0 Å². The first-order valence-corrected chi connectivity index (χ1v) is 26.1. The van der Waals surface area contributed by atoms with Gasteiger partial charge in [-0.05, 0) is 81.1 Å². The Balaban J connectivity index is -0.000000132. The van der Waals surface area contributed by atoms with Gasteiger partial charge in [-0.3, -0.25) is 18.1 Å². The second kappa shape index (κ2) is 60.9. The van der Waals surface area contributed by atoms with Crippen molar-refractivity contribution in [2.45, 2.75) is 262 Å². The molecule has 15 heteroatoms. The maximum absolute atomic E-state index is 11.6. The van der Waals surface area contributed by atoms with Crippen molar-refractivity contribution >= 4 is 15.6 Å². The molecule has 0 radical (unpaired) electrons. The van der Waals surface area contributed by atoms with E-state index in [0.717, 1.165) is 51.4 Å². The number of aliphatic hydroxyl groups is 4. The Morgan fingerprint density at radius 3 is 0.576 bits per heavy atom. The summed E-state index contributed by atoms with van der Waals surface area (Å²) in [7, 11) is -7.63. The first-order valence-electron chi connectivity index (χ1n) is 23.1. The molecule has 0 fully saturated rings. The minimum absolute atomic E-state index is 0. The molecule has 0 bridgehead atoms. The fourth-order valence-electron chi connectivity index (χ4n) is 4.32. The molecule has 6 N–H and O–H groups in total. The van der Waals surface area contributed by atoms with Gasteiger partial charge in [-0.15, -0.1) is 0 Å². The molecule has 0 aromatic rings. The van der Waals surface area contributed by atoms with Gasteiger partial charge in [0.05, 0.1) is 26.4 Å². The van der Waals surface area contributed by atoms with Gasteiger partial charge < -0.3 is 30.2 Å². The molecule has 0 aromatic heterocycles. The fourth-order valence-corrected chi connectivity index (χ4v) is 5.91. The minimum atomic E-state index is -3.82. The van der Waals surface area contributed by atoms with Crippen LogP contribution >= 0.6 is 15.6 Å². The van der Waals surface area contributed by atoms with Crippen LogP contribution in [0.5, 0.6) is 0 Å². The van der Waals surface area contributed by atoms with Gasteiger partial charge in [-0.2, -0.15) is 0 Å². The Bertz CT molecular complexity index is 679. The monoisotopic (exact) mass is 933 g/mol. The van der Waals surface area contributed by atoms with Crippen molar-refractivity contribution in [1.82, 2.24) is 0 Å². The summed E-state index contributed by atoms with van der Waals surface area (Å²) >= 11 is 0. The summed E-state index contributed by atoms with van der Waals surface area (Å²) in [6, 6.07) is 0. The van der Waals surface area contributed by atoms with Crippen molar-refractivity contribution in [3.05, 3.63) is 0 Å². The average molecular weight is 933 g/mol. The third kappa shape index (κ3) is 114. The number of hydrogen-bond donors (Lipinski definition) is 6. The molecule has 12 nitrogen and oxygen atoms in total. The summed E-state index contributed by atoms with van der Waals surface area (Å²) < 4.78 is 43.1. The second-order valence-corrected chi connectivity index (χ2v) is 18.6. The molecule has 0 amide bonds. The Hall–Kier alpha value is 0.774. The van der Waals surface area contributed by atoms with Crippen molar-refractivity contribution in [2.75, 3.05) is 26.4 Å². The number of hydrogen-bond acceptors (Lipinski definition) is 10. The van der Waals surface area contributed by atoms with E-state index in [-0.39, 0.29) is 46.1 Å². The van der Waals surface area contributed by atoms with Gasteiger partial charge in [-0.1, -0.05) is 156 Å². The van der Waals surface area contributed by atoms with Crippen LogP contribution in [0.15, 0.2) is 0 Å². The SMILES string of the molecule is CC(C)O.CC(C)O.CC(C)O.CC(C)O.CCCCCCCCOP(=O)(O)OCCCCCCCC.CCCCCCCCOP(=O)(O)OCCCCCCCC.[Ti]. The van der Waals surface area contributed by atoms with Crippen LogP contribution < -0.4 is 0 Å². The van der Waals surface area contributed by atoms with Crippen molar-refractivity contribution in [1.29, 1.82) is 0 Å². The van der Waals surface area contributed by atoms with E-state index in [0.29, 0.717) is 26.4 Å². The molecule has 364 valence electrons. The summed E-state index contributed by atoms with van der Waals surface area (Å²) in [5.41, 5.74) is 0. The molecule has 0 aliphatic rings. The van der Waals surface area contributed by atoms with Crippen LogP contribution in [0.1, 0.15) is 237 Å². The van der Waals surface area contributed by atoms with Gasteiger partial charge in [0.1, 0.15) is 0 Å².